The number of allylic oxidation sites excluding steroid dienone is 1. The van der Waals surface area contributed by atoms with E-state index in [1.54, 1.807) is 21.6 Å². The fourth-order valence-electron chi connectivity index (χ4n) is 5.91. The molecule has 31 heavy (non-hydrogen) atoms. The highest BCUT2D eigenvalue weighted by Gasteiger charge is 2.56. The molecule has 1 aliphatic carbocycles. The third-order valence-electron chi connectivity index (χ3n) is 7.38. The maximum atomic E-state index is 13.4. The van der Waals surface area contributed by atoms with E-state index in [-0.39, 0.29) is 30.0 Å². The summed E-state index contributed by atoms with van der Waals surface area (Å²) in [5, 5.41) is 13.3. The molecule has 7 nitrogen and oxygen atoms in total. The molecule has 1 aromatic heterocycles. The van der Waals surface area contributed by atoms with Gasteiger partial charge in [0.05, 0.1) is 18.0 Å². The van der Waals surface area contributed by atoms with Crippen molar-refractivity contribution in [3.8, 4) is 0 Å². The quantitative estimate of drug-likeness (QED) is 0.753. The maximum absolute atomic E-state index is 13.4. The highest BCUT2D eigenvalue weighted by molar-refractivity contribution is 5.83. The minimum absolute atomic E-state index is 0.117. The lowest BCUT2D eigenvalue weighted by Crippen LogP contribution is -2.48. The number of hydrogen-bond donors (Lipinski definition) is 2. The first-order chi connectivity index (χ1) is 15.0. The first kappa shape index (κ1) is 21.8. The molecule has 7 heteroatoms. The van der Waals surface area contributed by atoms with Crippen molar-refractivity contribution >= 4 is 17.9 Å². The number of amides is 2. The van der Waals surface area contributed by atoms with Crippen LogP contribution in [0.2, 0.25) is 0 Å². The number of hydrogen-bond acceptors (Lipinski definition) is 4. The summed E-state index contributed by atoms with van der Waals surface area (Å²) in [5.41, 5.74) is 1.15. The predicted octanol–water partition coefficient (Wildman–Crippen LogP) is 2.09. The molecule has 0 radical (unpaired) electrons. The second-order valence-corrected chi connectivity index (χ2v) is 9.19. The lowest BCUT2D eigenvalue weighted by Gasteiger charge is -2.37. The third-order valence-corrected chi connectivity index (χ3v) is 7.38. The SMILES string of the molecule is C/C=C/c1ccc2n(c1=O)C[C@H]1[C@H](CO)[C@@H](C(=O)NCC3CCCCC3)[C@@H]2N1C(C)=O. The Bertz CT molecular complexity index is 931. The van der Waals surface area contributed by atoms with Gasteiger partial charge in [0.2, 0.25) is 11.8 Å². The molecular formula is C24H33N3O4. The van der Waals surface area contributed by atoms with E-state index in [1.165, 1.54) is 26.2 Å². The Hall–Kier alpha value is -2.41. The molecule has 2 N–H and O–H groups in total. The molecule has 3 aliphatic rings. The Morgan fingerprint density at radius 1 is 1.23 bits per heavy atom. The van der Waals surface area contributed by atoms with Gasteiger partial charge in [0.25, 0.3) is 5.56 Å². The number of carbonyl (C=O) groups excluding carboxylic acids is 2. The predicted molar refractivity (Wildman–Crippen MR) is 118 cm³/mol. The molecule has 2 amide bonds. The van der Waals surface area contributed by atoms with Crippen LogP contribution in [0.4, 0.5) is 0 Å². The van der Waals surface area contributed by atoms with Crippen molar-refractivity contribution in [2.24, 2.45) is 17.8 Å². The zero-order valence-electron chi connectivity index (χ0n) is 18.4. The number of aliphatic hydroxyl groups is 1. The largest absolute Gasteiger partial charge is 0.396 e. The van der Waals surface area contributed by atoms with Gasteiger partial charge < -0.3 is 19.9 Å². The summed E-state index contributed by atoms with van der Waals surface area (Å²) in [7, 11) is 0. The van der Waals surface area contributed by atoms with Crippen molar-refractivity contribution in [3.63, 3.8) is 0 Å². The van der Waals surface area contributed by atoms with E-state index < -0.39 is 17.9 Å². The standard InChI is InChI=1S/C24H33N3O4/c1-3-7-17-10-11-19-22-21(23(30)25-12-16-8-5-4-6-9-16)18(14-28)20(27(22)15(2)29)13-26(19)24(17)31/h3,7,10-11,16,18,20-22,28H,4-6,8-9,12-14H2,1-2H3,(H,25,30)/b7-3+/t18-,20-,21+,22+/m0/s1. The van der Waals surface area contributed by atoms with E-state index in [9.17, 15) is 19.5 Å². The Morgan fingerprint density at radius 2 is 1.97 bits per heavy atom. The van der Waals surface area contributed by atoms with Crippen molar-refractivity contribution in [1.82, 2.24) is 14.8 Å². The highest BCUT2D eigenvalue weighted by Crippen LogP contribution is 2.48. The first-order valence-corrected chi connectivity index (χ1v) is 11.5. The van der Waals surface area contributed by atoms with E-state index in [0.29, 0.717) is 30.3 Å². The van der Waals surface area contributed by atoms with Crippen molar-refractivity contribution < 1.29 is 14.7 Å². The average molecular weight is 428 g/mol. The minimum Gasteiger partial charge on any atom is -0.396 e. The fourth-order valence-corrected chi connectivity index (χ4v) is 5.91. The van der Waals surface area contributed by atoms with Gasteiger partial charge in [0.15, 0.2) is 0 Å². The molecule has 4 rings (SSSR count). The third kappa shape index (κ3) is 3.84. The van der Waals surface area contributed by atoms with Gasteiger partial charge in [0.1, 0.15) is 0 Å². The second kappa shape index (κ2) is 8.99. The second-order valence-electron chi connectivity index (χ2n) is 9.19. The molecule has 168 valence electrons. The van der Waals surface area contributed by atoms with E-state index >= 15 is 0 Å². The summed E-state index contributed by atoms with van der Waals surface area (Å²) in [5.74, 6) is -0.727. The van der Waals surface area contributed by atoms with Crippen LogP contribution in [0.1, 0.15) is 63.3 Å². The number of aliphatic hydroxyl groups excluding tert-OH is 1. The Labute approximate surface area is 183 Å². The molecule has 1 aromatic rings. The van der Waals surface area contributed by atoms with Crippen LogP contribution in [-0.4, -0.2) is 45.6 Å². The molecule has 4 atom stereocenters. The molecular weight excluding hydrogens is 394 g/mol. The highest BCUT2D eigenvalue weighted by atomic mass is 16.3. The topological polar surface area (TPSA) is 91.6 Å². The van der Waals surface area contributed by atoms with Crippen LogP contribution in [0, 0.1) is 17.8 Å². The van der Waals surface area contributed by atoms with Gasteiger partial charge in [-0.3, -0.25) is 14.4 Å². The van der Waals surface area contributed by atoms with Crippen LogP contribution < -0.4 is 10.9 Å². The van der Waals surface area contributed by atoms with Gasteiger partial charge in [-0.1, -0.05) is 31.4 Å². The van der Waals surface area contributed by atoms with E-state index in [1.807, 2.05) is 19.1 Å². The Balaban J connectivity index is 1.68. The molecule has 2 aliphatic heterocycles. The Kier molecular flexibility index (Phi) is 6.32. The molecule has 1 saturated heterocycles. The minimum atomic E-state index is -0.566. The lowest BCUT2D eigenvalue weighted by molar-refractivity contribution is -0.134. The van der Waals surface area contributed by atoms with Crippen LogP contribution in [0.25, 0.3) is 6.08 Å². The molecule has 0 aromatic carbocycles. The lowest BCUT2D eigenvalue weighted by atomic mass is 9.85. The number of carbonyl (C=O) groups is 2. The normalized spacial score (nSPS) is 28.0. The van der Waals surface area contributed by atoms with Gasteiger partial charge in [0, 0.05) is 43.8 Å². The summed E-state index contributed by atoms with van der Waals surface area (Å²) in [6.45, 7) is 4.10. The first-order valence-electron chi connectivity index (χ1n) is 11.5. The van der Waals surface area contributed by atoms with Gasteiger partial charge in [-0.2, -0.15) is 0 Å². The van der Waals surface area contributed by atoms with E-state index in [4.69, 9.17) is 0 Å². The monoisotopic (exact) mass is 427 g/mol. The van der Waals surface area contributed by atoms with E-state index in [2.05, 4.69) is 5.32 Å². The van der Waals surface area contributed by atoms with Crippen LogP contribution in [0.3, 0.4) is 0 Å². The summed E-state index contributed by atoms with van der Waals surface area (Å²) < 4.78 is 1.70. The van der Waals surface area contributed by atoms with Crippen LogP contribution in [0.5, 0.6) is 0 Å². The van der Waals surface area contributed by atoms with Gasteiger partial charge >= 0.3 is 0 Å². The fraction of sp³-hybridized carbons (Fsp3) is 0.625. The van der Waals surface area contributed by atoms with Crippen molar-refractivity contribution in [3.05, 3.63) is 39.8 Å². The summed E-state index contributed by atoms with van der Waals surface area (Å²) in [6.07, 6.45) is 9.52. The number of aromatic nitrogens is 1. The number of nitrogens with one attached hydrogen (secondary N) is 1. The molecule has 0 unspecified atom stereocenters. The number of pyridine rings is 1. The molecule has 1 saturated carbocycles. The zero-order chi connectivity index (χ0) is 22.1. The number of nitrogens with zero attached hydrogens (tertiary/aromatic N) is 2. The average Bonchev–Trinajstić information content (AvgIpc) is 3.02. The van der Waals surface area contributed by atoms with E-state index in [0.717, 1.165) is 12.8 Å². The van der Waals surface area contributed by atoms with Crippen LogP contribution in [0.15, 0.2) is 23.0 Å². The maximum Gasteiger partial charge on any atom is 0.258 e. The Morgan fingerprint density at radius 3 is 2.61 bits per heavy atom. The molecule has 0 spiro atoms. The molecule has 3 heterocycles. The summed E-state index contributed by atoms with van der Waals surface area (Å²) in [4.78, 5) is 40.7. The zero-order valence-corrected chi connectivity index (χ0v) is 18.4. The smallest absolute Gasteiger partial charge is 0.258 e. The molecule has 2 fully saturated rings. The summed E-state index contributed by atoms with van der Waals surface area (Å²) in [6, 6.07) is 2.71. The van der Waals surface area contributed by atoms with Gasteiger partial charge in [-0.05, 0) is 37.8 Å². The molecule has 2 bridgehead atoms. The van der Waals surface area contributed by atoms with Crippen molar-refractivity contribution in [2.45, 2.75) is 64.6 Å². The van der Waals surface area contributed by atoms with Crippen LogP contribution >= 0.6 is 0 Å². The van der Waals surface area contributed by atoms with Gasteiger partial charge in [-0.25, -0.2) is 0 Å². The summed E-state index contributed by atoms with van der Waals surface area (Å²) >= 11 is 0. The number of rotatable bonds is 5. The van der Waals surface area contributed by atoms with Crippen molar-refractivity contribution in [2.75, 3.05) is 13.2 Å². The van der Waals surface area contributed by atoms with Gasteiger partial charge in [-0.15, -0.1) is 0 Å². The number of fused-ring (bicyclic) bond motifs is 4. The van der Waals surface area contributed by atoms with Crippen molar-refractivity contribution in [1.29, 1.82) is 0 Å². The van der Waals surface area contributed by atoms with Crippen LogP contribution in [-0.2, 0) is 16.1 Å².